The van der Waals surface area contributed by atoms with E-state index in [1.165, 1.54) is 17.0 Å². The van der Waals surface area contributed by atoms with Gasteiger partial charge in [0.15, 0.2) is 5.13 Å². The summed E-state index contributed by atoms with van der Waals surface area (Å²) in [5.41, 5.74) is 1.18. The fourth-order valence-electron chi connectivity index (χ4n) is 1.55. The minimum atomic E-state index is 0.00196. The quantitative estimate of drug-likeness (QED) is 0.871. The van der Waals surface area contributed by atoms with E-state index in [0.717, 1.165) is 11.7 Å². The van der Waals surface area contributed by atoms with Crippen LogP contribution in [0.2, 0.25) is 0 Å². The van der Waals surface area contributed by atoms with E-state index < -0.39 is 0 Å². The Morgan fingerprint density at radius 2 is 2.41 bits per heavy atom. The highest BCUT2D eigenvalue weighted by molar-refractivity contribution is 7.16. The molecule has 5 heteroatoms. The average Bonchev–Trinajstić information content (AvgIpc) is 2.98. The Kier molecular flexibility index (Phi) is 3.16. The van der Waals surface area contributed by atoms with Crippen molar-refractivity contribution in [1.82, 2.24) is 9.97 Å². The molecular weight excluding hydrogens is 232 g/mol. The largest absolute Gasteiger partial charge is 0.364 e. The van der Waals surface area contributed by atoms with Gasteiger partial charge in [-0.1, -0.05) is 25.2 Å². The van der Waals surface area contributed by atoms with Crippen LogP contribution in [-0.2, 0) is 5.41 Å². The smallest absolute Gasteiger partial charge is 0.183 e. The molecule has 0 saturated heterocycles. The Hall–Kier alpha value is -1.80. The normalized spacial score (nSPS) is 11.1. The standard InChI is InChI=1S/C12H14N4S/c1-12(2,10-4-3-5-14-10)8-16-11-15-7-9(6-13)17-11/h3-5,7,14H,8H2,1-2H3,(H,15,16). The summed E-state index contributed by atoms with van der Waals surface area (Å²) in [6, 6.07) is 6.15. The average molecular weight is 246 g/mol. The van der Waals surface area contributed by atoms with Gasteiger partial charge in [0, 0.05) is 23.9 Å². The Morgan fingerprint density at radius 1 is 1.59 bits per heavy atom. The number of nitriles is 1. The summed E-state index contributed by atoms with van der Waals surface area (Å²) in [5.74, 6) is 0. The van der Waals surface area contributed by atoms with Crippen LogP contribution in [0.5, 0.6) is 0 Å². The molecule has 0 saturated carbocycles. The van der Waals surface area contributed by atoms with E-state index in [0.29, 0.717) is 4.88 Å². The van der Waals surface area contributed by atoms with Crippen LogP contribution in [0.4, 0.5) is 5.13 Å². The number of H-pyrrole nitrogens is 1. The Morgan fingerprint density at radius 3 is 3.00 bits per heavy atom. The number of hydrogen-bond donors (Lipinski definition) is 2. The second kappa shape index (κ2) is 4.60. The lowest BCUT2D eigenvalue weighted by Gasteiger charge is -2.23. The van der Waals surface area contributed by atoms with Gasteiger partial charge in [0.2, 0.25) is 0 Å². The lowest BCUT2D eigenvalue weighted by Crippen LogP contribution is -2.27. The predicted molar refractivity (Wildman–Crippen MR) is 69.1 cm³/mol. The maximum Gasteiger partial charge on any atom is 0.183 e. The topological polar surface area (TPSA) is 64.5 Å². The van der Waals surface area contributed by atoms with Gasteiger partial charge in [-0.05, 0) is 12.1 Å². The zero-order valence-electron chi connectivity index (χ0n) is 9.82. The second-order valence-electron chi connectivity index (χ2n) is 4.46. The first-order chi connectivity index (χ1) is 8.12. The van der Waals surface area contributed by atoms with Crippen molar-refractivity contribution in [2.45, 2.75) is 19.3 Å². The number of aromatic amines is 1. The molecule has 0 aliphatic rings. The van der Waals surface area contributed by atoms with Gasteiger partial charge in [-0.2, -0.15) is 5.26 Å². The predicted octanol–water partition coefficient (Wildman–Crippen LogP) is 2.73. The minimum absolute atomic E-state index is 0.00196. The molecule has 2 aromatic rings. The molecule has 0 fully saturated rings. The number of aromatic nitrogens is 2. The van der Waals surface area contributed by atoms with Crippen LogP contribution in [0.1, 0.15) is 24.4 Å². The van der Waals surface area contributed by atoms with Crippen LogP contribution < -0.4 is 5.32 Å². The Labute approximate surface area is 104 Å². The molecule has 0 bridgehead atoms. The first-order valence-electron chi connectivity index (χ1n) is 5.35. The van der Waals surface area contributed by atoms with Gasteiger partial charge < -0.3 is 10.3 Å². The molecule has 4 nitrogen and oxygen atoms in total. The Balaban J connectivity index is 2.00. The molecule has 0 aliphatic heterocycles. The third-order valence-electron chi connectivity index (χ3n) is 2.62. The van der Waals surface area contributed by atoms with Crippen molar-refractivity contribution in [3.05, 3.63) is 35.1 Å². The number of nitrogens with zero attached hydrogens (tertiary/aromatic N) is 2. The number of rotatable bonds is 4. The molecule has 17 heavy (non-hydrogen) atoms. The molecule has 88 valence electrons. The highest BCUT2D eigenvalue weighted by Gasteiger charge is 2.21. The molecule has 2 rings (SSSR count). The van der Waals surface area contributed by atoms with E-state index in [1.54, 1.807) is 6.20 Å². The molecule has 0 aliphatic carbocycles. The summed E-state index contributed by atoms with van der Waals surface area (Å²) in [4.78, 5) is 8.00. The highest BCUT2D eigenvalue weighted by atomic mass is 32.1. The molecule has 0 aromatic carbocycles. The molecule has 2 aromatic heterocycles. The summed E-state index contributed by atoms with van der Waals surface area (Å²) in [7, 11) is 0. The molecule has 0 amide bonds. The van der Waals surface area contributed by atoms with E-state index >= 15 is 0 Å². The van der Waals surface area contributed by atoms with E-state index in [9.17, 15) is 0 Å². The molecule has 2 heterocycles. The Bertz CT molecular complexity index is 519. The van der Waals surface area contributed by atoms with Crippen molar-refractivity contribution < 1.29 is 0 Å². The zero-order chi connectivity index (χ0) is 12.3. The fourth-order valence-corrected chi connectivity index (χ4v) is 2.16. The zero-order valence-corrected chi connectivity index (χ0v) is 10.6. The maximum absolute atomic E-state index is 8.72. The van der Waals surface area contributed by atoms with E-state index in [2.05, 4.69) is 41.3 Å². The molecule has 0 spiro atoms. The van der Waals surface area contributed by atoms with E-state index in [-0.39, 0.29) is 5.41 Å². The van der Waals surface area contributed by atoms with Gasteiger partial charge in [0.05, 0.1) is 6.20 Å². The number of thiazole rings is 1. The van der Waals surface area contributed by atoms with Gasteiger partial charge in [0.1, 0.15) is 10.9 Å². The SMILES string of the molecule is CC(C)(CNc1ncc(C#N)s1)c1ccc[nH]1. The summed E-state index contributed by atoms with van der Waals surface area (Å²) in [6.45, 7) is 5.08. The van der Waals surface area contributed by atoms with Crippen molar-refractivity contribution in [1.29, 1.82) is 5.26 Å². The van der Waals surface area contributed by atoms with Gasteiger partial charge in [-0.25, -0.2) is 4.98 Å². The number of hydrogen-bond acceptors (Lipinski definition) is 4. The summed E-state index contributed by atoms with van der Waals surface area (Å²) < 4.78 is 0. The molecule has 0 unspecified atom stereocenters. The van der Waals surface area contributed by atoms with Crippen molar-refractivity contribution >= 4 is 16.5 Å². The summed E-state index contributed by atoms with van der Waals surface area (Å²) in [6.07, 6.45) is 3.52. The second-order valence-corrected chi connectivity index (χ2v) is 5.49. The van der Waals surface area contributed by atoms with Crippen LogP contribution in [-0.4, -0.2) is 16.5 Å². The van der Waals surface area contributed by atoms with Gasteiger partial charge in [-0.15, -0.1) is 0 Å². The fraction of sp³-hybridized carbons (Fsp3) is 0.333. The van der Waals surface area contributed by atoms with Gasteiger partial charge >= 0.3 is 0 Å². The number of nitrogens with one attached hydrogen (secondary N) is 2. The third kappa shape index (κ3) is 2.66. The first kappa shape index (κ1) is 11.7. The molecular formula is C12H14N4S. The van der Waals surface area contributed by atoms with Crippen molar-refractivity contribution in [3.63, 3.8) is 0 Å². The van der Waals surface area contributed by atoms with Crippen LogP contribution in [0, 0.1) is 11.3 Å². The van der Waals surface area contributed by atoms with E-state index in [4.69, 9.17) is 5.26 Å². The van der Waals surface area contributed by atoms with Crippen LogP contribution in [0.15, 0.2) is 24.5 Å². The van der Waals surface area contributed by atoms with Crippen LogP contribution in [0.3, 0.4) is 0 Å². The van der Waals surface area contributed by atoms with Crippen molar-refractivity contribution in [2.24, 2.45) is 0 Å². The molecule has 2 N–H and O–H groups in total. The minimum Gasteiger partial charge on any atom is -0.364 e. The molecule has 0 atom stereocenters. The van der Waals surface area contributed by atoms with Crippen molar-refractivity contribution in [3.8, 4) is 6.07 Å². The van der Waals surface area contributed by atoms with E-state index in [1.807, 2.05) is 12.3 Å². The maximum atomic E-state index is 8.72. The van der Waals surface area contributed by atoms with Crippen LogP contribution >= 0.6 is 11.3 Å². The van der Waals surface area contributed by atoms with Crippen molar-refractivity contribution in [2.75, 3.05) is 11.9 Å². The third-order valence-corrected chi connectivity index (χ3v) is 3.48. The molecule has 0 radical (unpaired) electrons. The summed E-state index contributed by atoms with van der Waals surface area (Å²) >= 11 is 1.38. The first-order valence-corrected chi connectivity index (χ1v) is 6.17. The monoisotopic (exact) mass is 246 g/mol. The lowest BCUT2D eigenvalue weighted by molar-refractivity contribution is 0.541. The van der Waals surface area contributed by atoms with Gasteiger partial charge in [-0.3, -0.25) is 0 Å². The van der Waals surface area contributed by atoms with Gasteiger partial charge in [0.25, 0.3) is 0 Å². The van der Waals surface area contributed by atoms with Crippen LogP contribution in [0.25, 0.3) is 0 Å². The lowest BCUT2D eigenvalue weighted by atomic mass is 9.89. The summed E-state index contributed by atoms with van der Waals surface area (Å²) in [5, 5.41) is 12.8. The highest BCUT2D eigenvalue weighted by Crippen LogP contribution is 2.23. The number of anilines is 1.